The van der Waals surface area contributed by atoms with Gasteiger partial charge in [0.1, 0.15) is 0 Å². The quantitative estimate of drug-likeness (QED) is 0.947. The molecule has 1 fully saturated rings. The van der Waals surface area contributed by atoms with Crippen molar-refractivity contribution in [1.29, 1.82) is 0 Å². The normalized spacial score (nSPS) is 14.3. The Morgan fingerprint density at radius 3 is 2.48 bits per heavy atom. The van der Waals surface area contributed by atoms with Gasteiger partial charge in [0.05, 0.1) is 0 Å². The van der Waals surface area contributed by atoms with Crippen LogP contribution in [0.1, 0.15) is 15.9 Å². The zero-order valence-electron chi connectivity index (χ0n) is 13.2. The highest BCUT2D eigenvalue weighted by molar-refractivity contribution is 6.04. The van der Waals surface area contributed by atoms with Crippen LogP contribution >= 0.6 is 0 Å². The predicted molar refractivity (Wildman–Crippen MR) is 90.9 cm³/mol. The zero-order valence-corrected chi connectivity index (χ0v) is 13.2. The number of nitrogens with one attached hydrogen (secondary N) is 1. The van der Waals surface area contributed by atoms with Gasteiger partial charge in [-0.2, -0.15) is 0 Å². The first kappa shape index (κ1) is 15.1. The summed E-state index contributed by atoms with van der Waals surface area (Å²) in [7, 11) is 1.78. The van der Waals surface area contributed by atoms with Gasteiger partial charge in [-0.25, -0.2) is 4.79 Å². The Balaban J connectivity index is 1.76. The van der Waals surface area contributed by atoms with Crippen LogP contribution in [0.2, 0.25) is 0 Å². The minimum atomic E-state index is -0.160. The Hall–Kier alpha value is -2.82. The highest BCUT2D eigenvalue weighted by Gasteiger charge is 2.26. The lowest BCUT2D eigenvalue weighted by Crippen LogP contribution is -2.29. The second-order valence-corrected chi connectivity index (χ2v) is 5.73. The fraction of sp³-hybridized carbons (Fsp3) is 0.222. The second-order valence-electron chi connectivity index (χ2n) is 5.73. The molecular weight excluding hydrogens is 290 g/mol. The van der Waals surface area contributed by atoms with Crippen LogP contribution in [0.5, 0.6) is 0 Å². The van der Waals surface area contributed by atoms with E-state index in [0.29, 0.717) is 24.3 Å². The molecule has 0 saturated carbocycles. The zero-order chi connectivity index (χ0) is 16.4. The number of amides is 3. The average molecular weight is 309 g/mol. The summed E-state index contributed by atoms with van der Waals surface area (Å²) < 4.78 is 0. The summed E-state index contributed by atoms with van der Waals surface area (Å²) in [5.41, 5.74) is 3.19. The standard InChI is InChI=1S/C18H19N3O2/c1-13-6-8-14(9-7-13)17(22)19-15-4-3-5-16(12-15)21-11-10-20(2)18(21)23/h3-9,12H,10-11H2,1-2H3,(H,19,22). The molecule has 0 unspecified atom stereocenters. The molecule has 0 bridgehead atoms. The molecule has 1 saturated heterocycles. The summed E-state index contributed by atoms with van der Waals surface area (Å²) in [5.74, 6) is -0.160. The topological polar surface area (TPSA) is 52.7 Å². The summed E-state index contributed by atoms with van der Waals surface area (Å²) >= 11 is 0. The Bertz CT molecular complexity index is 740. The van der Waals surface area contributed by atoms with Crippen molar-refractivity contribution < 1.29 is 9.59 Å². The van der Waals surface area contributed by atoms with Gasteiger partial charge in [-0.1, -0.05) is 23.8 Å². The molecule has 3 rings (SSSR count). The highest BCUT2D eigenvalue weighted by Crippen LogP contribution is 2.23. The molecule has 3 amide bonds. The van der Waals surface area contributed by atoms with Gasteiger partial charge in [-0.3, -0.25) is 9.69 Å². The van der Waals surface area contributed by atoms with Gasteiger partial charge in [-0.05, 0) is 37.3 Å². The number of likely N-dealkylation sites (N-methyl/N-ethyl adjacent to an activating group) is 1. The third-order valence-electron chi connectivity index (χ3n) is 3.95. The van der Waals surface area contributed by atoms with E-state index in [1.54, 1.807) is 29.0 Å². The van der Waals surface area contributed by atoms with E-state index in [1.807, 2.05) is 43.3 Å². The first-order valence-electron chi connectivity index (χ1n) is 7.55. The lowest BCUT2D eigenvalue weighted by Gasteiger charge is -2.17. The number of carbonyl (C=O) groups is 2. The molecule has 1 aliphatic heterocycles. The van der Waals surface area contributed by atoms with Crippen LogP contribution < -0.4 is 10.2 Å². The maximum absolute atomic E-state index is 12.3. The Kier molecular flexibility index (Phi) is 4.02. The van der Waals surface area contributed by atoms with E-state index >= 15 is 0 Å². The van der Waals surface area contributed by atoms with E-state index in [2.05, 4.69) is 5.32 Å². The Labute approximate surface area is 135 Å². The molecule has 2 aromatic carbocycles. The van der Waals surface area contributed by atoms with Gasteiger partial charge in [0.25, 0.3) is 5.91 Å². The van der Waals surface area contributed by atoms with Gasteiger partial charge >= 0.3 is 6.03 Å². The molecule has 5 nitrogen and oxygen atoms in total. The molecule has 1 aliphatic rings. The Morgan fingerprint density at radius 1 is 1.09 bits per heavy atom. The van der Waals surface area contributed by atoms with E-state index in [0.717, 1.165) is 11.3 Å². The third-order valence-corrected chi connectivity index (χ3v) is 3.95. The lowest BCUT2D eigenvalue weighted by molar-refractivity contribution is 0.102. The lowest BCUT2D eigenvalue weighted by atomic mass is 10.1. The van der Waals surface area contributed by atoms with Gasteiger partial charge in [-0.15, -0.1) is 0 Å². The molecule has 0 atom stereocenters. The maximum atomic E-state index is 12.3. The smallest absolute Gasteiger partial charge is 0.324 e. The van der Waals surface area contributed by atoms with Crippen molar-refractivity contribution in [3.63, 3.8) is 0 Å². The summed E-state index contributed by atoms with van der Waals surface area (Å²) in [4.78, 5) is 27.7. The van der Waals surface area contributed by atoms with Crippen molar-refractivity contribution in [1.82, 2.24) is 4.90 Å². The second kappa shape index (κ2) is 6.12. The number of benzene rings is 2. The van der Waals surface area contributed by atoms with Gasteiger partial charge in [0.15, 0.2) is 0 Å². The molecular formula is C18H19N3O2. The van der Waals surface area contributed by atoms with Gasteiger partial charge in [0, 0.05) is 37.1 Å². The van der Waals surface area contributed by atoms with Gasteiger partial charge in [0.2, 0.25) is 0 Å². The molecule has 118 valence electrons. The van der Waals surface area contributed by atoms with E-state index in [4.69, 9.17) is 0 Å². The molecule has 1 heterocycles. The molecule has 1 N–H and O–H groups in total. The molecule has 0 aliphatic carbocycles. The van der Waals surface area contributed by atoms with E-state index in [-0.39, 0.29) is 11.9 Å². The minimum absolute atomic E-state index is 0.0213. The van der Waals surface area contributed by atoms with Crippen LogP contribution in [0, 0.1) is 6.92 Å². The number of aryl methyl sites for hydroxylation is 1. The van der Waals surface area contributed by atoms with Crippen molar-refractivity contribution in [3.8, 4) is 0 Å². The first-order valence-corrected chi connectivity index (χ1v) is 7.55. The summed E-state index contributed by atoms with van der Waals surface area (Å²) in [6, 6.07) is 14.7. The number of carbonyl (C=O) groups excluding carboxylic acids is 2. The van der Waals surface area contributed by atoms with E-state index in [1.165, 1.54) is 0 Å². The fourth-order valence-electron chi connectivity index (χ4n) is 2.55. The summed E-state index contributed by atoms with van der Waals surface area (Å²) in [6.45, 7) is 3.35. The predicted octanol–water partition coefficient (Wildman–Crippen LogP) is 3.12. The van der Waals surface area contributed by atoms with Gasteiger partial charge < -0.3 is 10.2 Å². The monoisotopic (exact) mass is 309 g/mol. The van der Waals surface area contributed by atoms with Crippen molar-refractivity contribution in [2.24, 2.45) is 0 Å². The number of hydrogen-bond donors (Lipinski definition) is 1. The van der Waals surface area contributed by atoms with Crippen LogP contribution in [0.25, 0.3) is 0 Å². The molecule has 0 spiro atoms. The molecule has 5 heteroatoms. The molecule has 23 heavy (non-hydrogen) atoms. The van der Waals surface area contributed by atoms with E-state index in [9.17, 15) is 9.59 Å². The Morgan fingerprint density at radius 2 is 1.83 bits per heavy atom. The highest BCUT2D eigenvalue weighted by atomic mass is 16.2. The summed E-state index contributed by atoms with van der Waals surface area (Å²) in [6.07, 6.45) is 0. The number of hydrogen-bond acceptors (Lipinski definition) is 2. The van der Waals surface area contributed by atoms with Crippen LogP contribution in [-0.4, -0.2) is 37.0 Å². The fourth-order valence-corrected chi connectivity index (χ4v) is 2.55. The van der Waals surface area contributed by atoms with Crippen molar-refractivity contribution in [2.75, 3.05) is 30.4 Å². The third kappa shape index (κ3) is 3.18. The number of rotatable bonds is 3. The van der Waals surface area contributed by atoms with Crippen molar-refractivity contribution in [3.05, 3.63) is 59.7 Å². The molecule has 2 aromatic rings. The SMILES string of the molecule is Cc1ccc(C(=O)Nc2cccc(N3CCN(C)C3=O)c2)cc1. The minimum Gasteiger partial charge on any atom is -0.326 e. The molecule has 0 aromatic heterocycles. The van der Waals surface area contributed by atoms with E-state index < -0.39 is 0 Å². The number of anilines is 2. The number of nitrogens with zero attached hydrogens (tertiary/aromatic N) is 2. The first-order chi connectivity index (χ1) is 11.0. The van der Waals surface area contributed by atoms with Crippen LogP contribution in [0.4, 0.5) is 16.2 Å². The van der Waals surface area contributed by atoms with Crippen molar-refractivity contribution in [2.45, 2.75) is 6.92 Å². The van der Waals surface area contributed by atoms with Crippen LogP contribution in [0.3, 0.4) is 0 Å². The van der Waals surface area contributed by atoms with Crippen LogP contribution in [-0.2, 0) is 0 Å². The molecule has 0 radical (unpaired) electrons. The number of urea groups is 1. The summed E-state index contributed by atoms with van der Waals surface area (Å²) in [5, 5.41) is 2.88. The average Bonchev–Trinajstić information content (AvgIpc) is 2.88. The maximum Gasteiger partial charge on any atom is 0.324 e. The van der Waals surface area contributed by atoms with Crippen molar-refractivity contribution >= 4 is 23.3 Å². The van der Waals surface area contributed by atoms with Crippen LogP contribution in [0.15, 0.2) is 48.5 Å². The largest absolute Gasteiger partial charge is 0.326 e.